The molecule has 2 aromatic rings. The van der Waals surface area contributed by atoms with Gasteiger partial charge in [-0.3, -0.25) is 0 Å². The number of carbonyl (C=O) groups is 1. The average molecular weight is 343 g/mol. The molecule has 0 aliphatic carbocycles. The van der Waals surface area contributed by atoms with Gasteiger partial charge in [0.1, 0.15) is 0 Å². The number of amides is 2. The van der Waals surface area contributed by atoms with Crippen molar-refractivity contribution < 1.29 is 4.79 Å². The fraction of sp³-hybridized carbons (Fsp3) is 0.529. The molecule has 0 saturated carbocycles. The van der Waals surface area contributed by atoms with Crippen molar-refractivity contribution in [1.82, 2.24) is 30.0 Å². The summed E-state index contributed by atoms with van der Waals surface area (Å²) in [5, 5.41) is 15.0. The van der Waals surface area contributed by atoms with Crippen LogP contribution in [0.4, 0.5) is 10.5 Å². The number of aromatic nitrogens is 4. The van der Waals surface area contributed by atoms with Crippen LogP contribution >= 0.6 is 0 Å². The van der Waals surface area contributed by atoms with Gasteiger partial charge >= 0.3 is 6.03 Å². The van der Waals surface area contributed by atoms with E-state index in [2.05, 4.69) is 32.8 Å². The highest BCUT2D eigenvalue weighted by Gasteiger charge is 2.20. The summed E-state index contributed by atoms with van der Waals surface area (Å²) in [6.07, 6.45) is 0.983. The van der Waals surface area contributed by atoms with Crippen LogP contribution in [-0.4, -0.2) is 69.3 Å². The number of anilines is 1. The Balaban J connectivity index is 1.81. The molecular formula is C17H25N7O. The van der Waals surface area contributed by atoms with E-state index in [1.54, 1.807) is 4.68 Å². The van der Waals surface area contributed by atoms with Crippen molar-refractivity contribution in [3.05, 3.63) is 24.3 Å². The lowest BCUT2D eigenvalue weighted by Gasteiger charge is -2.22. The summed E-state index contributed by atoms with van der Waals surface area (Å²) in [6, 6.07) is 7.69. The summed E-state index contributed by atoms with van der Waals surface area (Å²) in [4.78, 5) is 16.8. The van der Waals surface area contributed by atoms with Gasteiger partial charge in [-0.15, -0.1) is 5.10 Å². The van der Waals surface area contributed by atoms with Crippen molar-refractivity contribution in [3.63, 3.8) is 0 Å². The van der Waals surface area contributed by atoms with Crippen molar-refractivity contribution in [2.24, 2.45) is 0 Å². The van der Waals surface area contributed by atoms with Crippen LogP contribution in [0.3, 0.4) is 0 Å². The van der Waals surface area contributed by atoms with Gasteiger partial charge in [0, 0.05) is 25.2 Å². The molecule has 1 fully saturated rings. The van der Waals surface area contributed by atoms with Crippen molar-refractivity contribution in [2.45, 2.75) is 26.3 Å². The first-order chi connectivity index (χ1) is 12.1. The Hall–Kier alpha value is -2.48. The summed E-state index contributed by atoms with van der Waals surface area (Å²) in [6.45, 7) is 7.45. The number of benzene rings is 1. The fourth-order valence-electron chi connectivity index (χ4n) is 2.95. The molecule has 8 heteroatoms. The van der Waals surface area contributed by atoms with Gasteiger partial charge in [0.15, 0.2) is 5.82 Å². The second-order valence-electron chi connectivity index (χ2n) is 6.66. The highest BCUT2D eigenvalue weighted by Crippen LogP contribution is 2.27. The van der Waals surface area contributed by atoms with Crippen LogP contribution in [0, 0.1) is 0 Å². The van der Waals surface area contributed by atoms with Crippen molar-refractivity contribution in [2.75, 3.05) is 38.5 Å². The molecule has 25 heavy (non-hydrogen) atoms. The minimum absolute atomic E-state index is 0.0775. The maximum Gasteiger partial charge on any atom is 0.321 e. The van der Waals surface area contributed by atoms with Gasteiger partial charge in [0.25, 0.3) is 0 Å². The van der Waals surface area contributed by atoms with Gasteiger partial charge < -0.3 is 15.1 Å². The van der Waals surface area contributed by atoms with E-state index in [-0.39, 0.29) is 12.1 Å². The van der Waals surface area contributed by atoms with Gasteiger partial charge in [-0.25, -0.2) is 9.48 Å². The van der Waals surface area contributed by atoms with E-state index >= 15 is 0 Å². The van der Waals surface area contributed by atoms with Crippen LogP contribution in [0.5, 0.6) is 0 Å². The number of hydrogen-bond donors (Lipinski definition) is 1. The third-order valence-electron chi connectivity index (χ3n) is 4.40. The lowest BCUT2D eigenvalue weighted by molar-refractivity contribution is 0.213. The van der Waals surface area contributed by atoms with Crippen LogP contribution in [0.25, 0.3) is 11.4 Å². The summed E-state index contributed by atoms with van der Waals surface area (Å²) in [5.74, 6) is 0.654. The summed E-state index contributed by atoms with van der Waals surface area (Å²) < 4.78 is 1.76. The first-order valence-electron chi connectivity index (χ1n) is 8.68. The highest BCUT2D eigenvalue weighted by molar-refractivity contribution is 5.93. The second kappa shape index (κ2) is 7.60. The molecule has 134 valence electrons. The maximum absolute atomic E-state index is 12.7. The van der Waals surface area contributed by atoms with Crippen molar-refractivity contribution in [1.29, 1.82) is 0 Å². The van der Waals surface area contributed by atoms with Crippen LogP contribution in [0.2, 0.25) is 0 Å². The number of carbonyl (C=O) groups excluding carboxylic acids is 1. The van der Waals surface area contributed by atoms with E-state index in [0.717, 1.165) is 43.9 Å². The van der Waals surface area contributed by atoms with Crippen LogP contribution in [0.1, 0.15) is 26.3 Å². The molecule has 0 spiro atoms. The Morgan fingerprint density at radius 3 is 2.76 bits per heavy atom. The molecule has 0 bridgehead atoms. The molecule has 2 heterocycles. The molecule has 1 aliphatic heterocycles. The predicted octanol–water partition coefficient (Wildman–Crippen LogP) is 2.09. The molecule has 1 aromatic heterocycles. The summed E-state index contributed by atoms with van der Waals surface area (Å²) in [7, 11) is 2.09. The monoisotopic (exact) mass is 343 g/mol. The van der Waals surface area contributed by atoms with Gasteiger partial charge in [0.05, 0.1) is 11.7 Å². The molecule has 1 saturated heterocycles. The Bertz CT molecular complexity index is 727. The van der Waals surface area contributed by atoms with Gasteiger partial charge in [-0.2, -0.15) is 0 Å². The molecule has 0 atom stereocenters. The molecule has 2 amide bonds. The summed E-state index contributed by atoms with van der Waals surface area (Å²) in [5.41, 5.74) is 1.54. The number of nitrogens with one attached hydrogen (secondary N) is 1. The Kier molecular flexibility index (Phi) is 5.28. The number of tetrazole rings is 1. The Morgan fingerprint density at radius 1 is 1.16 bits per heavy atom. The maximum atomic E-state index is 12.7. The lowest BCUT2D eigenvalue weighted by Crippen LogP contribution is -2.37. The molecule has 0 radical (unpaired) electrons. The zero-order valence-electron chi connectivity index (χ0n) is 15.0. The standard InChI is InChI=1S/C17H25N7O/c1-13(2)24-16(19-20-21-24)14-7-4-5-8-15(14)18-17(25)23-10-6-9-22(3)11-12-23/h4-5,7-8,13H,6,9-12H2,1-3H3,(H,18,25). The number of nitrogens with zero attached hydrogens (tertiary/aromatic N) is 6. The van der Waals surface area contributed by atoms with E-state index in [4.69, 9.17) is 0 Å². The minimum Gasteiger partial charge on any atom is -0.323 e. The number of urea groups is 1. The quantitative estimate of drug-likeness (QED) is 0.923. The van der Waals surface area contributed by atoms with Crippen molar-refractivity contribution >= 4 is 11.7 Å². The molecule has 3 rings (SSSR count). The number of rotatable bonds is 3. The van der Waals surface area contributed by atoms with E-state index in [9.17, 15) is 4.79 Å². The Morgan fingerprint density at radius 2 is 1.96 bits per heavy atom. The van der Waals surface area contributed by atoms with E-state index in [1.807, 2.05) is 43.0 Å². The summed E-state index contributed by atoms with van der Waals surface area (Å²) >= 11 is 0. The van der Waals surface area contributed by atoms with Crippen molar-refractivity contribution in [3.8, 4) is 11.4 Å². The molecule has 1 aromatic carbocycles. The minimum atomic E-state index is -0.0775. The molecule has 1 N–H and O–H groups in total. The van der Waals surface area contributed by atoms with Gasteiger partial charge in [-0.1, -0.05) is 12.1 Å². The smallest absolute Gasteiger partial charge is 0.321 e. The molecule has 1 aliphatic rings. The number of para-hydroxylation sites is 1. The lowest BCUT2D eigenvalue weighted by atomic mass is 10.1. The fourth-order valence-corrected chi connectivity index (χ4v) is 2.95. The SMILES string of the molecule is CC(C)n1nnnc1-c1ccccc1NC(=O)N1CCCN(C)CC1. The number of hydrogen-bond acceptors (Lipinski definition) is 5. The van der Waals surface area contributed by atoms with Crippen LogP contribution in [0.15, 0.2) is 24.3 Å². The van der Waals surface area contributed by atoms with E-state index in [0.29, 0.717) is 5.82 Å². The largest absolute Gasteiger partial charge is 0.323 e. The van der Waals surface area contributed by atoms with E-state index in [1.165, 1.54) is 0 Å². The predicted molar refractivity (Wildman–Crippen MR) is 96.3 cm³/mol. The Labute approximate surface area is 147 Å². The normalized spacial score (nSPS) is 16.1. The third-order valence-corrected chi connectivity index (χ3v) is 4.40. The number of likely N-dealkylation sites (N-methyl/N-ethyl adjacent to an activating group) is 1. The topological polar surface area (TPSA) is 79.2 Å². The van der Waals surface area contributed by atoms with E-state index < -0.39 is 0 Å². The first kappa shape index (κ1) is 17.3. The molecular weight excluding hydrogens is 318 g/mol. The second-order valence-corrected chi connectivity index (χ2v) is 6.66. The molecule has 0 unspecified atom stereocenters. The zero-order chi connectivity index (χ0) is 17.8. The average Bonchev–Trinajstić information content (AvgIpc) is 2.98. The zero-order valence-corrected chi connectivity index (χ0v) is 15.0. The van der Waals surface area contributed by atoms with Crippen LogP contribution < -0.4 is 5.32 Å². The van der Waals surface area contributed by atoms with Crippen LogP contribution in [-0.2, 0) is 0 Å². The highest BCUT2D eigenvalue weighted by atomic mass is 16.2. The first-order valence-corrected chi connectivity index (χ1v) is 8.68. The molecule has 8 nitrogen and oxygen atoms in total. The third kappa shape index (κ3) is 3.96. The van der Waals surface area contributed by atoms with Gasteiger partial charge in [-0.05, 0) is 56.4 Å². The van der Waals surface area contributed by atoms with Gasteiger partial charge in [0.2, 0.25) is 0 Å².